The van der Waals surface area contributed by atoms with Crippen molar-refractivity contribution in [1.29, 1.82) is 0 Å². The Morgan fingerprint density at radius 3 is 2.86 bits per heavy atom. The number of hydrogen-bond acceptors (Lipinski definition) is 6. The Bertz CT molecular complexity index is 737. The number of esters is 1. The van der Waals surface area contributed by atoms with E-state index in [9.17, 15) is 4.79 Å². The minimum absolute atomic E-state index is 0. The van der Waals surface area contributed by atoms with Gasteiger partial charge in [0.2, 0.25) is 0 Å². The Hall–Kier alpha value is -0.940. The van der Waals surface area contributed by atoms with Gasteiger partial charge in [-0.05, 0) is 27.2 Å². The monoisotopic (exact) mass is 522 g/mol. The molecule has 1 aliphatic heterocycles. The normalized spacial score (nSPS) is 26.5. The maximum absolute atomic E-state index is 12.0. The van der Waals surface area contributed by atoms with Gasteiger partial charge in [-0.15, -0.1) is 35.3 Å². The molecule has 3 rings (SSSR count). The molecule has 9 heteroatoms. The minimum Gasteiger partial charge on any atom is -0.462 e. The first kappa shape index (κ1) is 23.3. The van der Waals surface area contributed by atoms with Gasteiger partial charge in [-0.2, -0.15) is 0 Å². The van der Waals surface area contributed by atoms with E-state index >= 15 is 0 Å². The average Bonchev–Trinajstić information content (AvgIpc) is 3.24. The van der Waals surface area contributed by atoms with E-state index in [2.05, 4.69) is 34.5 Å². The van der Waals surface area contributed by atoms with Crippen molar-refractivity contribution in [2.75, 3.05) is 20.3 Å². The quantitative estimate of drug-likeness (QED) is 0.267. The van der Waals surface area contributed by atoms with Gasteiger partial charge in [0.1, 0.15) is 9.88 Å². The van der Waals surface area contributed by atoms with Crippen molar-refractivity contribution in [2.24, 2.45) is 16.3 Å². The fourth-order valence-corrected chi connectivity index (χ4v) is 5.15. The molecule has 2 aliphatic rings. The number of halogens is 1. The lowest BCUT2D eigenvalue weighted by Gasteiger charge is -2.55. The number of hydrogen-bond donors (Lipinski definition) is 2. The fraction of sp³-hybridized carbons (Fsp3) is 0.737. The number of carbonyl (C=O) groups excluding carboxylic acids is 1. The number of aromatic nitrogens is 1. The molecule has 0 aromatic carbocycles. The van der Waals surface area contributed by atoms with Crippen LogP contribution in [0.25, 0.3) is 0 Å². The maximum Gasteiger partial charge on any atom is 0.350 e. The van der Waals surface area contributed by atoms with Crippen LogP contribution in [0.1, 0.15) is 60.5 Å². The van der Waals surface area contributed by atoms with Gasteiger partial charge in [0.15, 0.2) is 5.96 Å². The van der Waals surface area contributed by atoms with Gasteiger partial charge in [0, 0.05) is 31.0 Å². The topological polar surface area (TPSA) is 84.8 Å². The van der Waals surface area contributed by atoms with E-state index in [0.29, 0.717) is 35.2 Å². The molecule has 1 aromatic rings. The second-order valence-electron chi connectivity index (χ2n) is 7.81. The number of aliphatic imine (C=N–C) groups is 1. The Balaban J connectivity index is 0.00000280. The molecule has 28 heavy (non-hydrogen) atoms. The van der Waals surface area contributed by atoms with E-state index in [0.717, 1.165) is 24.0 Å². The van der Waals surface area contributed by atoms with E-state index < -0.39 is 0 Å². The lowest BCUT2D eigenvalue weighted by Crippen LogP contribution is -2.68. The third-order valence-corrected chi connectivity index (χ3v) is 6.93. The van der Waals surface area contributed by atoms with E-state index in [1.54, 1.807) is 14.0 Å². The molecule has 0 amide bonds. The van der Waals surface area contributed by atoms with Crippen molar-refractivity contribution in [1.82, 2.24) is 15.6 Å². The number of nitrogens with one attached hydrogen (secondary N) is 2. The predicted molar refractivity (Wildman–Crippen MR) is 122 cm³/mol. The first-order valence-electron chi connectivity index (χ1n) is 9.55. The molecule has 1 saturated carbocycles. The summed E-state index contributed by atoms with van der Waals surface area (Å²) >= 11 is 1.37. The number of rotatable bonds is 5. The highest BCUT2D eigenvalue weighted by atomic mass is 127. The van der Waals surface area contributed by atoms with Crippen LogP contribution in [0.15, 0.2) is 4.99 Å². The van der Waals surface area contributed by atoms with Crippen molar-refractivity contribution in [3.63, 3.8) is 0 Å². The molecule has 1 aliphatic carbocycles. The van der Waals surface area contributed by atoms with Gasteiger partial charge in [-0.25, -0.2) is 9.78 Å². The molecule has 0 radical (unpaired) electrons. The van der Waals surface area contributed by atoms with E-state index in [-0.39, 0.29) is 41.4 Å². The second-order valence-corrected chi connectivity index (χ2v) is 8.84. The van der Waals surface area contributed by atoms with Crippen molar-refractivity contribution >= 4 is 47.2 Å². The summed E-state index contributed by atoms with van der Waals surface area (Å²) in [5, 5.41) is 7.82. The Morgan fingerprint density at radius 1 is 1.50 bits per heavy atom. The third-order valence-electron chi connectivity index (χ3n) is 5.61. The number of ether oxygens (including phenoxy) is 2. The second kappa shape index (κ2) is 9.25. The third kappa shape index (κ3) is 4.30. The fourth-order valence-electron chi connectivity index (χ4n) is 4.19. The predicted octanol–water partition coefficient (Wildman–Crippen LogP) is 3.29. The maximum atomic E-state index is 12.0. The van der Waals surface area contributed by atoms with Gasteiger partial charge < -0.3 is 20.1 Å². The molecule has 2 heterocycles. The van der Waals surface area contributed by atoms with Gasteiger partial charge in [-0.1, -0.05) is 13.8 Å². The summed E-state index contributed by atoms with van der Waals surface area (Å²) in [6.07, 6.45) is 1.42. The standard InChI is InChI=1S/C19H30N4O3S.HI/c1-7-25-17(24)13-10(2)21-16(27-13)11(3)22-18(20-6)23-14-12-8-9-26-15(12)19(14,4)5;/h11-12,14-15H,7-9H2,1-6H3,(H2,20,22,23);1H. The first-order valence-corrected chi connectivity index (χ1v) is 10.4. The molecule has 1 aromatic heterocycles. The molecule has 7 nitrogen and oxygen atoms in total. The van der Waals surface area contributed by atoms with Gasteiger partial charge in [0.25, 0.3) is 0 Å². The zero-order valence-electron chi connectivity index (χ0n) is 17.4. The summed E-state index contributed by atoms with van der Waals surface area (Å²) in [5.74, 6) is 0.972. The van der Waals surface area contributed by atoms with Gasteiger partial charge in [-0.3, -0.25) is 4.99 Å². The van der Waals surface area contributed by atoms with E-state index in [4.69, 9.17) is 9.47 Å². The van der Waals surface area contributed by atoms with Crippen LogP contribution in [0.5, 0.6) is 0 Å². The van der Waals surface area contributed by atoms with Crippen molar-refractivity contribution in [2.45, 2.75) is 59.2 Å². The average molecular weight is 522 g/mol. The van der Waals surface area contributed by atoms with Crippen molar-refractivity contribution in [3.05, 3.63) is 15.6 Å². The molecule has 4 atom stereocenters. The molecular weight excluding hydrogens is 491 g/mol. The summed E-state index contributed by atoms with van der Waals surface area (Å²) in [6.45, 7) is 11.3. The summed E-state index contributed by atoms with van der Waals surface area (Å²) in [4.78, 5) is 21.5. The number of fused-ring (bicyclic) bond motifs is 1. The number of aryl methyl sites for hydroxylation is 1. The van der Waals surface area contributed by atoms with Crippen LogP contribution in [0.3, 0.4) is 0 Å². The Morgan fingerprint density at radius 2 is 2.21 bits per heavy atom. The van der Waals surface area contributed by atoms with Crippen LogP contribution >= 0.6 is 35.3 Å². The first-order chi connectivity index (χ1) is 12.8. The van der Waals surface area contributed by atoms with Gasteiger partial charge in [0.05, 0.1) is 24.4 Å². The molecule has 2 N–H and O–H groups in total. The van der Waals surface area contributed by atoms with Crippen LogP contribution in [0.4, 0.5) is 0 Å². The van der Waals surface area contributed by atoms with Crippen LogP contribution in [-0.2, 0) is 9.47 Å². The molecular formula is C19H31IN4O3S. The van der Waals surface area contributed by atoms with Gasteiger partial charge >= 0.3 is 5.97 Å². The smallest absolute Gasteiger partial charge is 0.350 e. The highest BCUT2D eigenvalue weighted by Gasteiger charge is 2.59. The van der Waals surface area contributed by atoms with Crippen molar-refractivity contribution in [3.8, 4) is 0 Å². The molecule has 0 spiro atoms. The lowest BCUT2D eigenvalue weighted by molar-refractivity contribution is -0.106. The zero-order valence-corrected chi connectivity index (χ0v) is 20.5. The number of carbonyl (C=O) groups is 1. The lowest BCUT2D eigenvalue weighted by atomic mass is 9.57. The van der Waals surface area contributed by atoms with Crippen molar-refractivity contribution < 1.29 is 14.3 Å². The summed E-state index contributed by atoms with van der Waals surface area (Å²) in [5.41, 5.74) is 0.785. The van der Waals surface area contributed by atoms with Crippen LogP contribution in [0, 0.1) is 18.3 Å². The Labute approximate surface area is 188 Å². The number of nitrogens with zero attached hydrogens (tertiary/aromatic N) is 2. The Kier molecular flexibility index (Phi) is 7.71. The largest absolute Gasteiger partial charge is 0.462 e. The van der Waals surface area contributed by atoms with E-state index in [1.165, 1.54) is 11.3 Å². The summed E-state index contributed by atoms with van der Waals surface area (Å²) in [7, 11) is 1.77. The molecule has 158 valence electrons. The SMILES string of the molecule is CCOC(=O)c1sc(C(C)NC(=NC)NC2C3CCOC3C2(C)C)nc1C.I. The zero-order chi connectivity index (χ0) is 19.8. The van der Waals surface area contributed by atoms with Crippen LogP contribution in [0.2, 0.25) is 0 Å². The van der Waals surface area contributed by atoms with Crippen LogP contribution in [-0.4, -0.2) is 49.3 Å². The highest BCUT2D eigenvalue weighted by molar-refractivity contribution is 14.0. The molecule has 0 bridgehead atoms. The highest BCUT2D eigenvalue weighted by Crippen LogP contribution is 2.52. The molecule has 1 saturated heterocycles. The summed E-state index contributed by atoms with van der Waals surface area (Å²) in [6, 6.07) is 0.262. The molecule has 2 fully saturated rings. The van der Waals surface area contributed by atoms with Crippen LogP contribution < -0.4 is 10.6 Å². The van der Waals surface area contributed by atoms with E-state index in [1.807, 2.05) is 13.8 Å². The molecule has 4 unspecified atom stereocenters. The minimum atomic E-state index is -0.308. The summed E-state index contributed by atoms with van der Waals surface area (Å²) < 4.78 is 11.0. The number of guanidine groups is 1. The number of thiazole rings is 1.